The number of aromatic nitrogens is 2. The highest BCUT2D eigenvalue weighted by molar-refractivity contribution is 6.30. The molecule has 2 aliphatic rings. The van der Waals surface area contributed by atoms with E-state index in [0.717, 1.165) is 50.3 Å². The Morgan fingerprint density at radius 1 is 1.19 bits per heavy atom. The molecule has 0 bridgehead atoms. The fourth-order valence-electron chi connectivity index (χ4n) is 4.70. The summed E-state index contributed by atoms with van der Waals surface area (Å²) in [6.07, 6.45) is 4.92. The van der Waals surface area contributed by atoms with Gasteiger partial charge >= 0.3 is 0 Å². The molecule has 166 valence electrons. The van der Waals surface area contributed by atoms with Crippen molar-refractivity contribution >= 4 is 23.3 Å². The summed E-state index contributed by atoms with van der Waals surface area (Å²) in [4.78, 5) is 26.9. The van der Waals surface area contributed by atoms with E-state index in [1.807, 2.05) is 29.2 Å². The van der Waals surface area contributed by atoms with E-state index in [4.69, 9.17) is 11.6 Å². The number of rotatable bonds is 7. The zero-order chi connectivity index (χ0) is 21.8. The van der Waals surface area contributed by atoms with Gasteiger partial charge in [-0.25, -0.2) is 9.97 Å². The van der Waals surface area contributed by atoms with Crippen LogP contribution >= 0.6 is 11.6 Å². The number of anilines is 1. The maximum atomic E-state index is 13.5. The first-order chi connectivity index (χ1) is 15.1. The van der Waals surface area contributed by atoms with Crippen molar-refractivity contribution in [3.63, 3.8) is 0 Å². The van der Waals surface area contributed by atoms with Crippen molar-refractivity contribution in [3.05, 3.63) is 52.4 Å². The highest BCUT2D eigenvalue weighted by Crippen LogP contribution is 2.37. The monoisotopic (exact) mass is 441 g/mol. The fourth-order valence-corrected chi connectivity index (χ4v) is 4.83. The van der Waals surface area contributed by atoms with Crippen molar-refractivity contribution in [1.82, 2.24) is 20.2 Å². The number of halogens is 1. The highest BCUT2D eigenvalue weighted by atomic mass is 35.5. The largest absolute Gasteiger partial charge is 0.353 e. The lowest BCUT2D eigenvalue weighted by Crippen LogP contribution is -2.51. The molecule has 7 heteroatoms. The second kappa shape index (κ2) is 9.96. The van der Waals surface area contributed by atoms with Gasteiger partial charge in [0, 0.05) is 49.0 Å². The summed E-state index contributed by atoms with van der Waals surface area (Å²) in [6.45, 7) is 8.98. The number of nitrogens with zero attached hydrogens (tertiary/aromatic N) is 4. The molecule has 0 radical (unpaired) electrons. The number of benzene rings is 1. The SMILES string of the molecule is CCCNCC(C(=O)N1CCN(c2ncnc3c2C(C)CC3)CC1)c1ccc(Cl)cc1. The molecule has 6 nitrogen and oxygen atoms in total. The van der Waals surface area contributed by atoms with Gasteiger partial charge in [-0.3, -0.25) is 4.79 Å². The first kappa shape index (κ1) is 22.0. The Labute approximate surface area is 190 Å². The summed E-state index contributed by atoms with van der Waals surface area (Å²) in [5, 5.41) is 4.12. The number of fused-ring (bicyclic) bond motifs is 1. The molecular weight excluding hydrogens is 410 g/mol. The first-order valence-electron chi connectivity index (χ1n) is 11.4. The lowest BCUT2D eigenvalue weighted by Gasteiger charge is -2.38. The van der Waals surface area contributed by atoms with Crippen LogP contribution in [0.25, 0.3) is 0 Å². The molecule has 1 aromatic heterocycles. The van der Waals surface area contributed by atoms with E-state index in [1.54, 1.807) is 6.33 Å². The minimum absolute atomic E-state index is 0.187. The maximum Gasteiger partial charge on any atom is 0.231 e. The van der Waals surface area contributed by atoms with Crippen LogP contribution in [0.4, 0.5) is 5.82 Å². The number of amides is 1. The van der Waals surface area contributed by atoms with Crippen molar-refractivity contribution in [1.29, 1.82) is 0 Å². The van der Waals surface area contributed by atoms with Crippen LogP contribution in [0.1, 0.15) is 55.3 Å². The van der Waals surface area contributed by atoms with Crippen molar-refractivity contribution < 1.29 is 4.79 Å². The summed E-state index contributed by atoms with van der Waals surface area (Å²) in [6, 6.07) is 7.68. The predicted molar refractivity (Wildman–Crippen MR) is 125 cm³/mol. The zero-order valence-corrected chi connectivity index (χ0v) is 19.2. The summed E-state index contributed by atoms with van der Waals surface area (Å²) in [5.41, 5.74) is 3.52. The Morgan fingerprint density at radius 2 is 1.94 bits per heavy atom. The van der Waals surface area contributed by atoms with Gasteiger partial charge in [0.05, 0.1) is 5.92 Å². The Bertz CT molecular complexity index is 895. The van der Waals surface area contributed by atoms with Crippen LogP contribution in [0.2, 0.25) is 5.02 Å². The van der Waals surface area contributed by atoms with Crippen LogP contribution in [-0.2, 0) is 11.2 Å². The normalized spacial score (nSPS) is 19.4. The molecule has 0 spiro atoms. The molecule has 4 rings (SSSR count). The molecule has 2 heterocycles. The second-order valence-corrected chi connectivity index (χ2v) is 9.05. The highest BCUT2D eigenvalue weighted by Gasteiger charge is 2.31. The lowest BCUT2D eigenvalue weighted by molar-refractivity contribution is -0.133. The number of carbonyl (C=O) groups is 1. The van der Waals surface area contributed by atoms with Gasteiger partial charge in [-0.1, -0.05) is 37.6 Å². The molecule has 2 aromatic rings. The molecule has 1 amide bonds. The van der Waals surface area contributed by atoms with Gasteiger partial charge in [-0.05, 0) is 49.4 Å². The summed E-state index contributed by atoms with van der Waals surface area (Å²) in [5.74, 6) is 1.57. The Balaban J connectivity index is 1.45. The number of hydrogen-bond donors (Lipinski definition) is 1. The third-order valence-corrected chi connectivity index (χ3v) is 6.74. The molecule has 2 atom stereocenters. The summed E-state index contributed by atoms with van der Waals surface area (Å²) in [7, 11) is 0. The van der Waals surface area contributed by atoms with Gasteiger partial charge in [0.25, 0.3) is 0 Å². The van der Waals surface area contributed by atoms with E-state index in [-0.39, 0.29) is 11.8 Å². The molecule has 1 aromatic carbocycles. The zero-order valence-electron chi connectivity index (χ0n) is 18.5. The van der Waals surface area contributed by atoms with Crippen molar-refractivity contribution in [3.8, 4) is 0 Å². The average molecular weight is 442 g/mol. The van der Waals surface area contributed by atoms with Crippen molar-refractivity contribution in [2.75, 3.05) is 44.2 Å². The van der Waals surface area contributed by atoms with Crippen molar-refractivity contribution in [2.45, 2.75) is 44.9 Å². The second-order valence-electron chi connectivity index (χ2n) is 8.62. The van der Waals surface area contributed by atoms with E-state index in [1.165, 1.54) is 11.3 Å². The van der Waals surface area contributed by atoms with Gasteiger partial charge in [-0.15, -0.1) is 0 Å². The fraction of sp³-hybridized carbons (Fsp3) is 0.542. The average Bonchev–Trinajstić information content (AvgIpc) is 3.18. The molecular formula is C24H32ClN5O. The number of hydrogen-bond acceptors (Lipinski definition) is 5. The van der Waals surface area contributed by atoms with Gasteiger partial charge in [0.2, 0.25) is 5.91 Å². The molecule has 1 saturated heterocycles. The minimum Gasteiger partial charge on any atom is -0.353 e. The van der Waals surface area contributed by atoms with Crippen LogP contribution in [0.3, 0.4) is 0 Å². The smallest absolute Gasteiger partial charge is 0.231 e. The summed E-state index contributed by atoms with van der Waals surface area (Å²) >= 11 is 6.07. The van der Waals surface area contributed by atoms with Crippen LogP contribution in [-0.4, -0.2) is 60.0 Å². The predicted octanol–water partition coefficient (Wildman–Crippen LogP) is 3.61. The van der Waals surface area contributed by atoms with Gasteiger partial charge in [0.15, 0.2) is 0 Å². The molecule has 1 aliphatic heterocycles. The van der Waals surface area contributed by atoms with E-state index in [9.17, 15) is 4.79 Å². The maximum absolute atomic E-state index is 13.5. The quantitative estimate of drug-likeness (QED) is 0.665. The van der Waals surface area contributed by atoms with Crippen LogP contribution < -0.4 is 10.2 Å². The van der Waals surface area contributed by atoms with Crippen LogP contribution in [0.15, 0.2) is 30.6 Å². The minimum atomic E-state index is -0.196. The Kier molecular flexibility index (Phi) is 7.08. The molecule has 1 N–H and O–H groups in total. The number of carbonyl (C=O) groups excluding carboxylic acids is 1. The third-order valence-electron chi connectivity index (χ3n) is 6.49. The Morgan fingerprint density at radius 3 is 2.65 bits per heavy atom. The molecule has 0 saturated carbocycles. The number of nitrogens with one attached hydrogen (secondary N) is 1. The molecule has 1 aliphatic carbocycles. The topological polar surface area (TPSA) is 61.4 Å². The van der Waals surface area contributed by atoms with E-state index in [2.05, 4.69) is 34.0 Å². The number of piperazine rings is 1. The third kappa shape index (κ3) is 4.85. The molecule has 31 heavy (non-hydrogen) atoms. The van der Waals surface area contributed by atoms with Crippen molar-refractivity contribution in [2.24, 2.45) is 0 Å². The molecule has 1 fully saturated rings. The molecule has 2 unspecified atom stereocenters. The van der Waals surface area contributed by atoms with E-state index >= 15 is 0 Å². The van der Waals surface area contributed by atoms with Gasteiger partial charge in [-0.2, -0.15) is 0 Å². The lowest BCUT2D eigenvalue weighted by atomic mass is 9.97. The standard InChI is InChI=1S/C24H32ClN5O/c1-3-10-26-15-20(18-5-7-19(25)8-6-18)24(31)30-13-11-29(12-14-30)23-22-17(2)4-9-21(22)27-16-28-23/h5-8,16-17,20,26H,3-4,9-15H2,1-2H3. The van der Waals surface area contributed by atoms with E-state index < -0.39 is 0 Å². The van der Waals surface area contributed by atoms with Crippen LogP contribution in [0, 0.1) is 0 Å². The summed E-state index contributed by atoms with van der Waals surface area (Å²) < 4.78 is 0. The number of aryl methyl sites for hydroxylation is 1. The van der Waals surface area contributed by atoms with Crippen LogP contribution in [0.5, 0.6) is 0 Å². The van der Waals surface area contributed by atoms with E-state index in [0.29, 0.717) is 30.6 Å². The van der Waals surface area contributed by atoms with Gasteiger partial charge in [0.1, 0.15) is 12.1 Å². The first-order valence-corrected chi connectivity index (χ1v) is 11.8. The Hall–Kier alpha value is -2.18. The van der Waals surface area contributed by atoms with Gasteiger partial charge < -0.3 is 15.1 Å².